The molecule has 3 rings (SSSR count). The minimum absolute atomic E-state index is 0.221. The molecule has 0 fully saturated rings. The lowest BCUT2D eigenvalue weighted by molar-refractivity contribution is 0.697. The van der Waals surface area contributed by atoms with Gasteiger partial charge < -0.3 is 10.6 Å². The van der Waals surface area contributed by atoms with Gasteiger partial charge in [0.2, 0.25) is 0 Å². The quantitative estimate of drug-likeness (QED) is 0.847. The Bertz CT molecular complexity index is 576. The molecule has 18 heavy (non-hydrogen) atoms. The van der Waals surface area contributed by atoms with Gasteiger partial charge in [-0.2, -0.15) is 0 Å². The van der Waals surface area contributed by atoms with E-state index in [1.165, 1.54) is 0 Å². The molecule has 0 bridgehead atoms. The Hall–Kier alpha value is -1.72. The first-order valence-corrected chi connectivity index (χ1v) is 6.67. The predicted octanol–water partition coefficient (Wildman–Crippen LogP) is 1.72. The molecule has 0 aliphatic carbocycles. The fraction of sp³-hybridized carbons (Fsp3) is 0.231. The first-order valence-electron chi connectivity index (χ1n) is 5.79. The largest absolute Gasteiger partial charge is 0.371 e. The van der Waals surface area contributed by atoms with E-state index in [1.807, 2.05) is 24.6 Å². The molecule has 1 aromatic heterocycles. The fourth-order valence-corrected chi connectivity index (χ4v) is 2.82. The normalized spacial score (nSPS) is 19.1. The zero-order chi connectivity index (χ0) is 12.5. The van der Waals surface area contributed by atoms with E-state index in [4.69, 9.17) is 5.73 Å². The van der Waals surface area contributed by atoms with Gasteiger partial charge in [-0.1, -0.05) is 18.2 Å². The minimum atomic E-state index is -0.221. The van der Waals surface area contributed by atoms with Crippen LogP contribution in [0.3, 0.4) is 0 Å². The first kappa shape index (κ1) is 11.4. The van der Waals surface area contributed by atoms with Gasteiger partial charge in [0.25, 0.3) is 0 Å². The molecule has 2 heterocycles. The number of fused-ring (bicyclic) bond motifs is 1. The highest BCUT2D eigenvalue weighted by Gasteiger charge is 2.21. The van der Waals surface area contributed by atoms with Crippen LogP contribution >= 0.6 is 11.3 Å². The van der Waals surface area contributed by atoms with Gasteiger partial charge in [-0.3, -0.25) is 4.99 Å². The first-order chi connectivity index (χ1) is 8.75. The topological polar surface area (TPSA) is 54.5 Å². The lowest BCUT2D eigenvalue weighted by Crippen LogP contribution is -2.32. The van der Waals surface area contributed by atoms with Crippen molar-refractivity contribution in [3.8, 4) is 0 Å². The highest BCUT2D eigenvalue weighted by Crippen LogP contribution is 2.26. The number of hydrogen-bond donors (Lipinski definition) is 1. The van der Waals surface area contributed by atoms with Crippen molar-refractivity contribution < 1.29 is 0 Å². The van der Waals surface area contributed by atoms with Crippen molar-refractivity contribution in [3.05, 3.63) is 46.4 Å². The van der Waals surface area contributed by atoms with Crippen molar-refractivity contribution in [2.24, 2.45) is 10.7 Å². The number of para-hydroxylation sites is 1. The van der Waals surface area contributed by atoms with Crippen LogP contribution in [0.5, 0.6) is 0 Å². The Balaban J connectivity index is 2.19. The summed E-state index contributed by atoms with van der Waals surface area (Å²) in [5, 5.41) is 2.88. The second-order valence-corrected chi connectivity index (χ2v) is 5.17. The van der Waals surface area contributed by atoms with Gasteiger partial charge in [-0.25, -0.2) is 4.98 Å². The maximum Gasteiger partial charge on any atom is 0.142 e. The average Bonchev–Trinajstić information content (AvgIpc) is 2.85. The third-order valence-corrected chi connectivity index (χ3v) is 3.74. The van der Waals surface area contributed by atoms with Crippen LogP contribution in [-0.4, -0.2) is 30.5 Å². The van der Waals surface area contributed by atoms with Crippen molar-refractivity contribution in [2.45, 2.75) is 6.17 Å². The third kappa shape index (κ3) is 1.91. The van der Waals surface area contributed by atoms with E-state index in [2.05, 4.69) is 27.0 Å². The van der Waals surface area contributed by atoms with Gasteiger partial charge in [0, 0.05) is 29.9 Å². The van der Waals surface area contributed by atoms with Gasteiger partial charge in [0.05, 0.1) is 6.54 Å². The Labute approximate surface area is 110 Å². The summed E-state index contributed by atoms with van der Waals surface area (Å²) < 4.78 is 0. The molecule has 0 saturated heterocycles. The molecule has 1 aromatic carbocycles. The number of benzodiazepines with no additional fused rings is 1. The molecule has 1 aliphatic heterocycles. The average molecular weight is 258 g/mol. The number of thiazole rings is 1. The number of aromatic nitrogens is 1. The number of nitrogens with two attached hydrogens (primary N) is 1. The van der Waals surface area contributed by atoms with Gasteiger partial charge >= 0.3 is 0 Å². The summed E-state index contributed by atoms with van der Waals surface area (Å²) in [6.07, 6.45) is 1.58. The van der Waals surface area contributed by atoms with Crippen molar-refractivity contribution in [1.29, 1.82) is 0 Å². The Morgan fingerprint density at radius 1 is 1.39 bits per heavy atom. The molecule has 0 radical (unpaired) electrons. The van der Waals surface area contributed by atoms with Crippen molar-refractivity contribution >= 4 is 22.7 Å². The maximum absolute atomic E-state index is 6.05. The summed E-state index contributed by atoms with van der Waals surface area (Å²) in [7, 11) is 2.04. The van der Waals surface area contributed by atoms with Crippen LogP contribution in [0.4, 0.5) is 5.69 Å². The van der Waals surface area contributed by atoms with Crippen LogP contribution in [0.2, 0.25) is 0 Å². The van der Waals surface area contributed by atoms with Crippen LogP contribution in [0.25, 0.3) is 0 Å². The number of likely N-dealkylation sites (N-methyl/N-ethyl adjacent to an activating group) is 1. The number of benzene rings is 1. The Kier molecular flexibility index (Phi) is 2.85. The molecule has 4 nitrogen and oxygen atoms in total. The van der Waals surface area contributed by atoms with E-state index < -0.39 is 0 Å². The van der Waals surface area contributed by atoms with E-state index in [9.17, 15) is 0 Å². The van der Waals surface area contributed by atoms with Crippen LogP contribution in [0.15, 0.2) is 40.8 Å². The van der Waals surface area contributed by atoms with Crippen LogP contribution < -0.4 is 10.6 Å². The van der Waals surface area contributed by atoms with E-state index >= 15 is 0 Å². The third-order valence-electron chi connectivity index (χ3n) is 2.96. The SMILES string of the molecule is CN1CC(N)N=C(c2nccs2)c2ccccc21. The molecule has 0 amide bonds. The second kappa shape index (κ2) is 4.51. The summed E-state index contributed by atoms with van der Waals surface area (Å²) in [6.45, 7) is 0.714. The van der Waals surface area contributed by atoms with Gasteiger partial charge in [-0.15, -0.1) is 11.3 Å². The second-order valence-electron chi connectivity index (χ2n) is 4.28. The fourth-order valence-electron chi connectivity index (χ4n) is 2.17. The van der Waals surface area contributed by atoms with Gasteiger partial charge in [0.1, 0.15) is 16.9 Å². The Morgan fingerprint density at radius 3 is 3.00 bits per heavy atom. The summed E-state index contributed by atoms with van der Waals surface area (Å²) in [6, 6.07) is 8.22. The van der Waals surface area contributed by atoms with Crippen LogP contribution in [-0.2, 0) is 0 Å². The number of nitrogens with zero attached hydrogens (tertiary/aromatic N) is 3. The molecule has 5 heteroatoms. The lowest BCUT2D eigenvalue weighted by Gasteiger charge is -2.20. The van der Waals surface area contributed by atoms with Crippen molar-refractivity contribution in [3.63, 3.8) is 0 Å². The molecule has 2 N–H and O–H groups in total. The molecule has 1 aliphatic rings. The molecule has 92 valence electrons. The summed E-state index contributed by atoms with van der Waals surface area (Å²) in [5.74, 6) is 0. The monoisotopic (exact) mass is 258 g/mol. The van der Waals surface area contributed by atoms with E-state index in [-0.39, 0.29) is 6.17 Å². The molecular weight excluding hydrogens is 244 g/mol. The van der Waals surface area contributed by atoms with Gasteiger partial charge in [-0.05, 0) is 6.07 Å². The van der Waals surface area contributed by atoms with Crippen LogP contribution in [0, 0.1) is 0 Å². The lowest BCUT2D eigenvalue weighted by atomic mass is 10.1. The molecular formula is C13H14N4S. The smallest absolute Gasteiger partial charge is 0.142 e. The molecule has 0 saturated carbocycles. The van der Waals surface area contributed by atoms with Crippen molar-refractivity contribution in [2.75, 3.05) is 18.5 Å². The standard InChI is InChI=1S/C13H14N4S/c1-17-8-11(14)16-12(13-15-6-7-18-13)9-4-2-3-5-10(9)17/h2-7,11H,8,14H2,1H3. The predicted molar refractivity (Wildman–Crippen MR) is 75.4 cm³/mol. The highest BCUT2D eigenvalue weighted by molar-refractivity contribution is 7.11. The highest BCUT2D eigenvalue weighted by atomic mass is 32.1. The minimum Gasteiger partial charge on any atom is -0.371 e. The van der Waals surface area contributed by atoms with E-state index in [0.717, 1.165) is 22.0 Å². The number of aliphatic imine (C=N–C) groups is 1. The zero-order valence-corrected chi connectivity index (χ0v) is 10.9. The van der Waals surface area contributed by atoms with Crippen LogP contribution in [0.1, 0.15) is 10.6 Å². The number of anilines is 1. The summed E-state index contributed by atoms with van der Waals surface area (Å²) in [4.78, 5) is 11.1. The molecule has 1 unspecified atom stereocenters. The molecule has 0 spiro atoms. The summed E-state index contributed by atoms with van der Waals surface area (Å²) >= 11 is 1.59. The number of rotatable bonds is 1. The summed E-state index contributed by atoms with van der Waals surface area (Å²) in [5.41, 5.74) is 9.20. The molecule has 1 atom stereocenters. The molecule has 2 aromatic rings. The number of hydrogen-bond acceptors (Lipinski definition) is 5. The van der Waals surface area contributed by atoms with E-state index in [1.54, 1.807) is 17.5 Å². The maximum atomic E-state index is 6.05. The zero-order valence-electron chi connectivity index (χ0n) is 10.1. The Morgan fingerprint density at radius 2 is 2.22 bits per heavy atom. The van der Waals surface area contributed by atoms with Gasteiger partial charge in [0.15, 0.2) is 0 Å². The van der Waals surface area contributed by atoms with E-state index in [0.29, 0.717) is 6.54 Å². The van der Waals surface area contributed by atoms with Crippen molar-refractivity contribution in [1.82, 2.24) is 4.98 Å².